The summed E-state index contributed by atoms with van der Waals surface area (Å²) in [5.41, 5.74) is 2.24. The van der Waals surface area contributed by atoms with Crippen molar-refractivity contribution in [2.45, 2.75) is 0 Å². The van der Waals surface area contributed by atoms with Crippen molar-refractivity contribution >= 4 is 23.2 Å². The number of anilines is 2. The van der Waals surface area contributed by atoms with Crippen molar-refractivity contribution in [3.63, 3.8) is 0 Å². The molecule has 1 heterocycles. The lowest BCUT2D eigenvalue weighted by Crippen LogP contribution is -2.41. The van der Waals surface area contributed by atoms with E-state index in [1.165, 1.54) is 6.07 Å². The fourth-order valence-corrected chi connectivity index (χ4v) is 2.45. The second kappa shape index (κ2) is 6.94. The summed E-state index contributed by atoms with van der Waals surface area (Å²) in [5, 5.41) is 11.7. The van der Waals surface area contributed by atoms with Gasteiger partial charge in [0, 0.05) is 23.5 Å². The average molecular weight is 321 g/mol. The summed E-state index contributed by atoms with van der Waals surface area (Å²) >= 11 is 0. The molecule has 0 spiro atoms. The lowest BCUT2D eigenvalue weighted by molar-refractivity contribution is -0.125. The van der Waals surface area contributed by atoms with Crippen molar-refractivity contribution in [3.8, 4) is 6.07 Å². The van der Waals surface area contributed by atoms with E-state index in [1.54, 1.807) is 47.4 Å². The van der Waals surface area contributed by atoms with E-state index in [2.05, 4.69) is 5.32 Å². The van der Waals surface area contributed by atoms with Crippen molar-refractivity contribution in [2.24, 2.45) is 0 Å². The Bertz CT molecular complexity index is 809. The average Bonchev–Trinajstić information content (AvgIpc) is 2.63. The summed E-state index contributed by atoms with van der Waals surface area (Å²) in [7, 11) is 0. The molecule has 1 aliphatic heterocycles. The smallest absolute Gasteiger partial charge is 0.255 e. The quantitative estimate of drug-likeness (QED) is 0.939. The van der Waals surface area contributed by atoms with Crippen molar-refractivity contribution in [2.75, 3.05) is 30.0 Å². The Kier molecular flexibility index (Phi) is 4.54. The van der Waals surface area contributed by atoms with E-state index in [1.807, 2.05) is 6.07 Å². The number of carbonyl (C=O) groups excluding carboxylic acids is 2. The molecule has 1 fully saturated rings. The molecule has 2 amide bonds. The van der Waals surface area contributed by atoms with Crippen LogP contribution in [0.5, 0.6) is 0 Å². The Morgan fingerprint density at radius 3 is 2.71 bits per heavy atom. The summed E-state index contributed by atoms with van der Waals surface area (Å²) in [6.07, 6.45) is 0. The van der Waals surface area contributed by atoms with Gasteiger partial charge in [-0.05, 0) is 42.5 Å². The zero-order valence-electron chi connectivity index (χ0n) is 12.9. The van der Waals surface area contributed by atoms with E-state index in [4.69, 9.17) is 10.00 Å². The van der Waals surface area contributed by atoms with Gasteiger partial charge in [-0.3, -0.25) is 9.59 Å². The van der Waals surface area contributed by atoms with Crippen molar-refractivity contribution in [1.29, 1.82) is 5.26 Å². The summed E-state index contributed by atoms with van der Waals surface area (Å²) < 4.78 is 5.11. The minimum absolute atomic E-state index is 0.0774. The third-order valence-electron chi connectivity index (χ3n) is 3.68. The normalized spacial score (nSPS) is 14.1. The van der Waals surface area contributed by atoms with Crippen LogP contribution >= 0.6 is 0 Å². The van der Waals surface area contributed by atoms with Crippen molar-refractivity contribution in [3.05, 3.63) is 59.7 Å². The fourth-order valence-electron chi connectivity index (χ4n) is 2.45. The molecule has 0 aromatic heterocycles. The third kappa shape index (κ3) is 3.42. The number of morpholine rings is 1. The number of carbonyl (C=O) groups is 2. The minimum Gasteiger partial charge on any atom is -0.370 e. The second-order valence-corrected chi connectivity index (χ2v) is 5.29. The first-order valence-electron chi connectivity index (χ1n) is 7.47. The summed E-state index contributed by atoms with van der Waals surface area (Å²) in [5.74, 6) is -0.367. The lowest BCUT2D eigenvalue weighted by atomic mass is 10.1. The summed E-state index contributed by atoms with van der Waals surface area (Å²) in [6, 6.07) is 15.5. The van der Waals surface area contributed by atoms with Gasteiger partial charge in [-0.15, -0.1) is 0 Å². The molecular formula is C18H15N3O3. The molecule has 120 valence electrons. The first-order valence-corrected chi connectivity index (χ1v) is 7.47. The molecule has 0 atom stereocenters. The SMILES string of the molecule is N#Cc1cccc(C(=O)Nc2ccc(N3CCOCC3=O)cc2)c1. The van der Waals surface area contributed by atoms with Crippen LogP contribution in [0, 0.1) is 11.3 Å². The number of nitrogens with zero attached hydrogens (tertiary/aromatic N) is 2. The number of benzene rings is 2. The molecule has 0 radical (unpaired) electrons. The molecule has 1 aliphatic rings. The van der Waals surface area contributed by atoms with Crippen LogP contribution in [-0.4, -0.2) is 31.6 Å². The standard InChI is InChI=1S/C18H15N3O3/c19-11-13-2-1-3-14(10-13)18(23)20-15-4-6-16(7-5-15)21-8-9-24-12-17(21)22/h1-7,10H,8-9,12H2,(H,20,23). The first kappa shape index (κ1) is 15.7. The maximum absolute atomic E-state index is 12.2. The van der Waals surface area contributed by atoms with E-state index >= 15 is 0 Å². The third-order valence-corrected chi connectivity index (χ3v) is 3.68. The second-order valence-electron chi connectivity index (χ2n) is 5.29. The van der Waals surface area contributed by atoms with E-state index in [-0.39, 0.29) is 18.4 Å². The number of nitrogens with one attached hydrogen (secondary N) is 1. The van der Waals surface area contributed by atoms with Gasteiger partial charge >= 0.3 is 0 Å². The molecular weight excluding hydrogens is 306 g/mol. The molecule has 1 N–H and O–H groups in total. The van der Waals surface area contributed by atoms with Crippen LogP contribution in [0.2, 0.25) is 0 Å². The molecule has 3 rings (SSSR count). The maximum Gasteiger partial charge on any atom is 0.255 e. The van der Waals surface area contributed by atoms with Gasteiger partial charge in [0.05, 0.1) is 18.2 Å². The number of ether oxygens (including phenoxy) is 1. The Morgan fingerprint density at radius 2 is 2.00 bits per heavy atom. The Labute approximate surface area is 139 Å². The van der Waals surface area contributed by atoms with Crippen LogP contribution in [0.3, 0.4) is 0 Å². The van der Waals surface area contributed by atoms with Crippen LogP contribution in [0.25, 0.3) is 0 Å². The highest BCUT2D eigenvalue weighted by molar-refractivity contribution is 6.04. The monoisotopic (exact) mass is 321 g/mol. The number of rotatable bonds is 3. The van der Waals surface area contributed by atoms with Crippen LogP contribution in [0.15, 0.2) is 48.5 Å². The van der Waals surface area contributed by atoms with E-state index in [9.17, 15) is 9.59 Å². The zero-order valence-corrected chi connectivity index (χ0v) is 12.9. The predicted molar refractivity (Wildman–Crippen MR) is 88.7 cm³/mol. The zero-order chi connectivity index (χ0) is 16.9. The fraction of sp³-hybridized carbons (Fsp3) is 0.167. The van der Waals surface area contributed by atoms with Crippen molar-refractivity contribution < 1.29 is 14.3 Å². The summed E-state index contributed by atoms with van der Waals surface area (Å²) in [6.45, 7) is 1.12. The van der Waals surface area contributed by atoms with Gasteiger partial charge in [-0.25, -0.2) is 0 Å². The van der Waals surface area contributed by atoms with Gasteiger partial charge in [-0.1, -0.05) is 6.07 Å². The molecule has 2 aromatic rings. The molecule has 0 unspecified atom stereocenters. The van der Waals surface area contributed by atoms with Crippen molar-refractivity contribution in [1.82, 2.24) is 0 Å². The molecule has 6 heteroatoms. The van der Waals surface area contributed by atoms with Crippen LogP contribution in [-0.2, 0) is 9.53 Å². The van der Waals surface area contributed by atoms with E-state index in [0.717, 1.165) is 5.69 Å². The molecule has 0 bridgehead atoms. The predicted octanol–water partition coefficient (Wildman–Crippen LogP) is 2.17. The van der Waals surface area contributed by atoms with E-state index < -0.39 is 0 Å². The van der Waals surface area contributed by atoms with Gasteiger partial charge in [-0.2, -0.15) is 5.26 Å². The van der Waals surface area contributed by atoms with Crippen LogP contribution in [0.1, 0.15) is 15.9 Å². The molecule has 2 aromatic carbocycles. The van der Waals surface area contributed by atoms with Gasteiger partial charge in [0.1, 0.15) is 6.61 Å². The van der Waals surface area contributed by atoms with Gasteiger partial charge in [0.25, 0.3) is 11.8 Å². The molecule has 6 nitrogen and oxygen atoms in total. The molecule has 1 saturated heterocycles. The maximum atomic E-state index is 12.2. The molecule has 24 heavy (non-hydrogen) atoms. The first-order chi connectivity index (χ1) is 11.7. The topological polar surface area (TPSA) is 82.4 Å². The highest BCUT2D eigenvalue weighted by Gasteiger charge is 2.20. The summed E-state index contributed by atoms with van der Waals surface area (Å²) in [4.78, 5) is 25.7. The highest BCUT2D eigenvalue weighted by Crippen LogP contribution is 2.20. The molecule has 0 saturated carbocycles. The Balaban J connectivity index is 1.70. The number of hydrogen-bond acceptors (Lipinski definition) is 4. The van der Waals surface area contributed by atoms with Gasteiger partial charge in [0.15, 0.2) is 0 Å². The largest absolute Gasteiger partial charge is 0.370 e. The molecule has 0 aliphatic carbocycles. The lowest BCUT2D eigenvalue weighted by Gasteiger charge is -2.26. The Morgan fingerprint density at radius 1 is 1.21 bits per heavy atom. The van der Waals surface area contributed by atoms with Crippen LogP contribution < -0.4 is 10.2 Å². The van der Waals surface area contributed by atoms with Crippen LogP contribution in [0.4, 0.5) is 11.4 Å². The number of hydrogen-bond donors (Lipinski definition) is 1. The minimum atomic E-state index is -0.290. The Hall–Kier alpha value is -3.17. The van der Waals surface area contributed by atoms with Gasteiger partial charge in [0.2, 0.25) is 0 Å². The highest BCUT2D eigenvalue weighted by atomic mass is 16.5. The number of amides is 2. The van der Waals surface area contributed by atoms with Gasteiger partial charge < -0.3 is 15.0 Å². The number of nitriles is 1. The van der Waals surface area contributed by atoms with E-state index in [0.29, 0.717) is 30.0 Å².